The number of benzene rings is 2. The summed E-state index contributed by atoms with van der Waals surface area (Å²) in [5, 5.41) is 7.24. The number of rotatable bonds is 8. The first-order valence-corrected chi connectivity index (χ1v) is 11.0. The minimum Gasteiger partial charge on any atom is -0.493 e. The number of carbonyl (C=O) groups is 2. The second-order valence-electron chi connectivity index (χ2n) is 7.96. The molecule has 0 heterocycles. The van der Waals surface area contributed by atoms with Crippen molar-refractivity contribution in [2.24, 2.45) is 11.0 Å². The lowest BCUT2D eigenvalue weighted by Gasteiger charge is -2.20. The van der Waals surface area contributed by atoms with Gasteiger partial charge in [0.2, 0.25) is 11.7 Å². The van der Waals surface area contributed by atoms with Crippen LogP contribution in [0.3, 0.4) is 0 Å². The molecule has 2 N–H and O–H groups in total. The quantitative estimate of drug-likeness (QED) is 0.456. The molecule has 1 saturated carbocycles. The Morgan fingerprint density at radius 2 is 1.58 bits per heavy atom. The molecule has 0 atom stereocenters. The highest BCUT2D eigenvalue weighted by atomic mass is 16.5. The molecular weight excluding hydrogens is 422 g/mol. The molecule has 8 heteroatoms. The third-order valence-corrected chi connectivity index (χ3v) is 5.78. The van der Waals surface area contributed by atoms with Crippen LogP contribution in [0.1, 0.15) is 54.9 Å². The third kappa shape index (κ3) is 6.03. The summed E-state index contributed by atoms with van der Waals surface area (Å²) in [4.78, 5) is 25.2. The van der Waals surface area contributed by atoms with Crippen molar-refractivity contribution in [3.63, 3.8) is 0 Å². The number of amides is 2. The van der Waals surface area contributed by atoms with E-state index in [0.29, 0.717) is 34.2 Å². The summed E-state index contributed by atoms with van der Waals surface area (Å²) >= 11 is 0. The van der Waals surface area contributed by atoms with Crippen LogP contribution in [0, 0.1) is 5.92 Å². The van der Waals surface area contributed by atoms with Crippen molar-refractivity contribution in [2.45, 2.75) is 39.0 Å². The Balaban J connectivity index is 1.70. The summed E-state index contributed by atoms with van der Waals surface area (Å²) in [5.41, 5.74) is 4.98. The lowest BCUT2D eigenvalue weighted by atomic mass is 9.88. The maximum atomic E-state index is 12.7. The molecule has 1 aliphatic rings. The molecule has 2 aromatic rings. The van der Waals surface area contributed by atoms with Crippen LogP contribution in [0.25, 0.3) is 0 Å². The molecule has 0 aromatic heterocycles. The molecule has 3 rings (SSSR count). The Bertz CT molecular complexity index is 1000. The number of hydrazone groups is 1. The van der Waals surface area contributed by atoms with Crippen LogP contribution >= 0.6 is 0 Å². The van der Waals surface area contributed by atoms with Crippen molar-refractivity contribution >= 4 is 23.2 Å². The zero-order chi connectivity index (χ0) is 23.8. The maximum Gasteiger partial charge on any atom is 0.271 e. The molecule has 0 bridgehead atoms. The average Bonchev–Trinajstić information content (AvgIpc) is 2.86. The van der Waals surface area contributed by atoms with Gasteiger partial charge in [0.25, 0.3) is 5.91 Å². The van der Waals surface area contributed by atoms with Crippen molar-refractivity contribution in [3.05, 3.63) is 47.5 Å². The molecule has 33 heavy (non-hydrogen) atoms. The highest BCUT2D eigenvalue weighted by molar-refractivity contribution is 6.02. The molecule has 8 nitrogen and oxygen atoms in total. The number of ether oxygens (including phenoxy) is 3. The Morgan fingerprint density at radius 3 is 2.18 bits per heavy atom. The van der Waals surface area contributed by atoms with Gasteiger partial charge in [0.15, 0.2) is 11.5 Å². The van der Waals surface area contributed by atoms with Crippen molar-refractivity contribution < 1.29 is 23.8 Å². The van der Waals surface area contributed by atoms with Gasteiger partial charge in [-0.05, 0) is 49.6 Å². The number of hydrogen-bond donors (Lipinski definition) is 2. The lowest BCUT2D eigenvalue weighted by Crippen LogP contribution is -2.24. The van der Waals surface area contributed by atoms with Gasteiger partial charge in [0.1, 0.15) is 0 Å². The SMILES string of the molecule is COc1cc(C(=O)N/N=C(\C)c2cccc(NC(=O)C3CCCCC3)c2)cc(OC)c1OC. The second-order valence-corrected chi connectivity index (χ2v) is 7.96. The molecule has 0 radical (unpaired) electrons. The first-order valence-electron chi connectivity index (χ1n) is 11.0. The van der Waals surface area contributed by atoms with E-state index in [9.17, 15) is 9.59 Å². The number of carbonyl (C=O) groups excluding carboxylic acids is 2. The largest absolute Gasteiger partial charge is 0.493 e. The van der Waals surface area contributed by atoms with E-state index in [-0.39, 0.29) is 11.8 Å². The Labute approximate surface area is 194 Å². The van der Waals surface area contributed by atoms with Crippen molar-refractivity contribution in [3.8, 4) is 17.2 Å². The number of nitrogens with one attached hydrogen (secondary N) is 2. The number of methoxy groups -OCH3 is 3. The van der Waals surface area contributed by atoms with Gasteiger partial charge in [-0.3, -0.25) is 9.59 Å². The Kier molecular flexibility index (Phi) is 8.29. The molecule has 0 unspecified atom stereocenters. The highest BCUT2D eigenvalue weighted by Crippen LogP contribution is 2.38. The minimum absolute atomic E-state index is 0.0668. The fourth-order valence-electron chi connectivity index (χ4n) is 3.91. The van der Waals surface area contributed by atoms with Crippen LogP contribution in [0.15, 0.2) is 41.5 Å². The average molecular weight is 454 g/mol. The first-order chi connectivity index (χ1) is 16.0. The van der Waals surface area contributed by atoms with E-state index in [0.717, 1.165) is 31.2 Å². The molecule has 0 saturated heterocycles. The van der Waals surface area contributed by atoms with Crippen LogP contribution in [-0.2, 0) is 4.79 Å². The molecule has 1 aliphatic carbocycles. The summed E-state index contributed by atoms with van der Waals surface area (Å²) < 4.78 is 15.9. The number of hydrogen-bond acceptors (Lipinski definition) is 6. The first kappa shape index (κ1) is 24.1. The topological polar surface area (TPSA) is 98.2 Å². The zero-order valence-electron chi connectivity index (χ0n) is 19.6. The normalized spacial score (nSPS) is 14.4. The van der Waals surface area contributed by atoms with Gasteiger partial charge in [0, 0.05) is 17.2 Å². The summed E-state index contributed by atoms with van der Waals surface area (Å²) in [6.07, 6.45) is 5.31. The second kappa shape index (κ2) is 11.4. The molecular formula is C25H31N3O5. The van der Waals surface area contributed by atoms with Gasteiger partial charge in [-0.15, -0.1) is 0 Å². The predicted molar refractivity (Wildman–Crippen MR) is 127 cm³/mol. The molecule has 0 aliphatic heterocycles. The molecule has 2 amide bonds. The maximum absolute atomic E-state index is 12.7. The van der Waals surface area contributed by atoms with E-state index >= 15 is 0 Å². The highest BCUT2D eigenvalue weighted by Gasteiger charge is 2.21. The number of anilines is 1. The smallest absolute Gasteiger partial charge is 0.271 e. The van der Waals surface area contributed by atoms with Crippen LogP contribution in [0.2, 0.25) is 0 Å². The molecule has 0 spiro atoms. The summed E-state index contributed by atoms with van der Waals surface area (Å²) in [5.74, 6) is 0.888. The van der Waals surface area contributed by atoms with Gasteiger partial charge in [-0.25, -0.2) is 5.43 Å². The van der Waals surface area contributed by atoms with E-state index in [1.807, 2.05) is 24.3 Å². The minimum atomic E-state index is -0.421. The summed E-state index contributed by atoms with van der Waals surface area (Å²) in [6.45, 7) is 1.79. The van der Waals surface area contributed by atoms with Crippen LogP contribution in [-0.4, -0.2) is 38.9 Å². The van der Waals surface area contributed by atoms with Crippen molar-refractivity contribution in [1.82, 2.24) is 5.43 Å². The van der Waals surface area contributed by atoms with E-state index in [4.69, 9.17) is 14.2 Å². The molecule has 176 valence electrons. The predicted octanol–water partition coefficient (Wildman–Crippen LogP) is 4.39. The summed E-state index contributed by atoms with van der Waals surface area (Å²) in [6, 6.07) is 10.6. The van der Waals surface area contributed by atoms with E-state index in [1.54, 1.807) is 19.1 Å². The monoisotopic (exact) mass is 453 g/mol. The zero-order valence-corrected chi connectivity index (χ0v) is 19.6. The lowest BCUT2D eigenvalue weighted by molar-refractivity contribution is -0.120. The van der Waals surface area contributed by atoms with Gasteiger partial charge in [-0.1, -0.05) is 31.4 Å². The third-order valence-electron chi connectivity index (χ3n) is 5.78. The van der Waals surface area contributed by atoms with Crippen LogP contribution < -0.4 is 25.0 Å². The van der Waals surface area contributed by atoms with Gasteiger partial charge < -0.3 is 19.5 Å². The van der Waals surface area contributed by atoms with Crippen molar-refractivity contribution in [2.75, 3.05) is 26.6 Å². The summed E-state index contributed by atoms with van der Waals surface area (Å²) in [7, 11) is 4.47. The standard InChI is InChI=1S/C25H31N3O5/c1-16(18-11-8-12-20(13-18)26-24(29)17-9-6-5-7-10-17)27-28-25(30)19-14-21(31-2)23(33-4)22(15-19)32-3/h8,11-15,17H,5-7,9-10H2,1-4H3,(H,26,29)(H,28,30)/b27-16+. The van der Waals surface area contributed by atoms with Gasteiger partial charge in [0.05, 0.1) is 27.0 Å². The van der Waals surface area contributed by atoms with E-state index in [1.165, 1.54) is 27.8 Å². The van der Waals surface area contributed by atoms with E-state index < -0.39 is 5.91 Å². The molecule has 2 aromatic carbocycles. The fourth-order valence-corrected chi connectivity index (χ4v) is 3.91. The molecule has 1 fully saturated rings. The Hall–Kier alpha value is -3.55. The van der Waals surface area contributed by atoms with Gasteiger partial charge in [-0.2, -0.15) is 5.10 Å². The van der Waals surface area contributed by atoms with Crippen LogP contribution in [0.4, 0.5) is 5.69 Å². The fraction of sp³-hybridized carbons (Fsp3) is 0.400. The van der Waals surface area contributed by atoms with Gasteiger partial charge >= 0.3 is 0 Å². The Morgan fingerprint density at radius 1 is 0.909 bits per heavy atom. The van der Waals surface area contributed by atoms with E-state index in [2.05, 4.69) is 15.8 Å². The number of nitrogens with zero attached hydrogens (tertiary/aromatic N) is 1. The van der Waals surface area contributed by atoms with Crippen LogP contribution in [0.5, 0.6) is 17.2 Å². The van der Waals surface area contributed by atoms with Crippen molar-refractivity contribution in [1.29, 1.82) is 0 Å².